The van der Waals surface area contributed by atoms with Crippen LogP contribution in [-0.2, 0) is 18.9 Å². The van der Waals surface area contributed by atoms with Crippen LogP contribution in [0.5, 0.6) is 0 Å². The van der Waals surface area contributed by atoms with E-state index in [-0.39, 0.29) is 29.6 Å². The van der Waals surface area contributed by atoms with Crippen LogP contribution in [-0.4, -0.2) is 60.9 Å². The van der Waals surface area contributed by atoms with E-state index in [0.29, 0.717) is 5.65 Å². The van der Waals surface area contributed by atoms with Gasteiger partial charge in [-0.25, -0.2) is 24.5 Å². The highest BCUT2D eigenvalue weighted by atomic mass is 16.8. The Bertz CT molecular complexity index is 1160. The zero-order chi connectivity index (χ0) is 25.9. The largest absolute Gasteiger partial charge is 0.443 e. The van der Waals surface area contributed by atoms with Gasteiger partial charge in [-0.15, -0.1) is 0 Å². The van der Waals surface area contributed by atoms with Gasteiger partial charge in [0.25, 0.3) is 0 Å². The van der Waals surface area contributed by atoms with E-state index in [1.807, 2.05) is 31.4 Å². The minimum atomic E-state index is -0.924. The number of ether oxygens (including phenoxy) is 4. The Labute approximate surface area is 204 Å². The number of anilines is 1. The SMILES string of the molecule is CC1=C[C@@H](n2cnc3c(N(C(=O)OC(C)(C)C)C(=O)OC(C)(C)C)ncnc32)[C@@H]2OC(C)(C)O[C@H]12. The first-order valence-corrected chi connectivity index (χ1v) is 11.5. The molecule has 0 N–H and O–H groups in total. The van der Waals surface area contributed by atoms with Crippen molar-refractivity contribution in [3.8, 4) is 0 Å². The molecule has 4 rings (SSSR count). The van der Waals surface area contributed by atoms with Crippen molar-refractivity contribution in [1.29, 1.82) is 0 Å². The van der Waals surface area contributed by atoms with E-state index in [9.17, 15) is 9.59 Å². The topological polar surface area (TPSA) is 118 Å². The summed E-state index contributed by atoms with van der Waals surface area (Å²) < 4.78 is 25.0. The second kappa shape index (κ2) is 8.27. The number of fused-ring (bicyclic) bond motifs is 2. The normalized spacial score (nSPS) is 23.7. The molecule has 0 radical (unpaired) electrons. The summed E-state index contributed by atoms with van der Waals surface area (Å²) in [6, 6.07) is -0.244. The monoisotopic (exact) mass is 487 g/mol. The third kappa shape index (κ3) is 5.01. The van der Waals surface area contributed by atoms with Crippen molar-refractivity contribution in [3.05, 3.63) is 24.3 Å². The number of aromatic nitrogens is 4. The lowest BCUT2D eigenvalue weighted by Gasteiger charge is -2.28. The first-order chi connectivity index (χ1) is 16.1. The molecule has 0 saturated carbocycles. The molecule has 1 fully saturated rings. The first kappa shape index (κ1) is 25.1. The van der Waals surface area contributed by atoms with Crippen LogP contribution >= 0.6 is 0 Å². The van der Waals surface area contributed by atoms with E-state index < -0.39 is 29.2 Å². The minimum absolute atomic E-state index is 0.0311. The second-order valence-electron chi connectivity index (χ2n) is 11.2. The van der Waals surface area contributed by atoms with Crippen molar-refractivity contribution in [2.24, 2.45) is 0 Å². The molecular weight excluding hydrogens is 454 g/mol. The summed E-state index contributed by atoms with van der Waals surface area (Å²) in [5.74, 6) is -0.749. The van der Waals surface area contributed by atoms with Crippen LogP contribution in [0.2, 0.25) is 0 Å². The van der Waals surface area contributed by atoms with Crippen LogP contribution in [0.1, 0.15) is 68.4 Å². The van der Waals surface area contributed by atoms with Crippen LogP contribution in [0, 0.1) is 0 Å². The van der Waals surface area contributed by atoms with Gasteiger partial charge in [-0.1, -0.05) is 6.08 Å². The Morgan fingerprint density at radius 3 is 2.17 bits per heavy atom. The van der Waals surface area contributed by atoms with E-state index in [1.165, 1.54) is 6.33 Å². The summed E-state index contributed by atoms with van der Waals surface area (Å²) in [5, 5.41) is 0. The summed E-state index contributed by atoms with van der Waals surface area (Å²) in [7, 11) is 0. The lowest BCUT2D eigenvalue weighted by Crippen LogP contribution is -2.44. The molecule has 2 amide bonds. The maximum absolute atomic E-state index is 13.1. The number of amides is 2. The van der Waals surface area contributed by atoms with Crippen LogP contribution in [0.4, 0.5) is 15.4 Å². The average molecular weight is 488 g/mol. The average Bonchev–Trinajstić information content (AvgIpc) is 3.31. The standard InChI is InChI=1S/C24H33N5O6/c1-13-10-14(17-16(13)32-24(8,9)33-17)28-12-27-15-18(28)25-11-26-19(15)29(20(30)34-22(2,3)4)21(31)35-23(5,6)7/h10-12,14,16-17H,1-9H3/t14-,16-,17+/m1/s1. The Morgan fingerprint density at radius 2 is 1.60 bits per heavy atom. The molecule has 0 spiro atoms. The van der Waals surface area contributed by atoms with Crippen LogP contribution in [0.3, 0.4) is 0 Å². The maximum Gasteiger partial charge on any atom is 0.425 e. The van der Waals surface area contributed by atoms with Gasteiger partial charge in [0, 0.05) is 0 Å². The number of nitrogens with zero attached hydrogens (tertiary/aromatic N) is 5. The lowest BCUT2D eigenvalue weighted by molar-refractivity contribution is -0.147. The fraction of sp³-hybridized carbons (Fsp3) is 0.625. The number of imide groups is 1. The van der Waals surface area contributed by atoms with Crippen LogP contribution < -0.4 is 4.90 Å². The molecule has 0 bridgehead atoms. The minimum Gasteiger partial charge on any atom is -0.443 e. The molecule has 1 saturated heterocycles. The van der Waals surface area contributed by atoms with E-state index in [4.69, 9.17) is 18.9 Å². The fourth-order valence-electron chi connectivity index (χ4n) is 4.17. The molecule has 3 atom stereocenters. The number of rotatable bonds is 2. The smallest absolute Gasteiger partial charge is 0.425 e. The highest BCUT2D eigenvalue weighted by Gasteiger charge is 2.50. The third-order valence-electron chi connectivity index (χ3n) is 5.37. The number of carbonyl (C=O) groups is 2. The maximum atomic E-state index is 13.1. The molecule has 2 aliphatic rings. The Morgan fingerprint density at radius 1 is 1.00 bits per heavy atom. The predicted octanol–water partition coefficient (Wildman–Crippen LogP) is 4.52. The molecule has 2 aromatic rings. The Kier molecular flexibility index (Phi) is 5.92. The summed E-state index contributed by atoms with van der Waals surface area (Å²) in [6.07, 6.45) is 2.61. The van der Waals surface area contributed by atoms with Crippen LogP contribution in [0.15, 0.2) is 24.3 Å². The second-order valence-corrected chi connectivity index (χ2v) is 11.2. The molecule has 2 aromatic heterocycles. The molecular formula is C24H33N5O6. The van der Waals surface area contributed by atoms with Gasteiger partial charge in [-0.3, -0.25) is 0 Å². The van der Waals surface area contributed by atoms with Gasteiger partial charge in [0.05, 0.1) is 12.4 Å². The van der Waals surface area contributed by atoms with E-state index in [0.717, 1.165) is 10.5 Å². The van der Waals surface area contributed by atoms with Gasteiger partial charge in [0.2, 0.25) is 0 Å². The summed E-state index contributed by atoms with van der Waals surface area (Å²) in [4.78, 5) is 40.1. The van der Waals surface area contributed by atoms with Crippen molar-refractivity contribution in [3.63, 3.8) is 0 Å². The zero-order valence-electron chi connectivity index (χ0n) is 21.6. The van der Waals surface area contributed by atoms with E-state index in [1.54, 1.807) is 47.9 Å². The van der Waals surface area contributed by atoms with Gasteiger partial charge in [0.15, 0.2) is 22.8 Å². The van der Waals surface area contributed by atoms with Gasteiger partial charge in [-0.2, -0.15) is 4.90 Å². The van der Waals surface area contributed by atoms with Gasteiger partial charge < -0.3 is 23.5 Å². The van der Waals surface area contributed by atoms with Gasteiger partial charge >= 0.3 is 12.2 Å². The summed E-state index contributed by atoms with van der Waals surface area (Å²) >= 11 is 0. The Hall–Kier alpha value is -3.05. The Balaban J connectivity index is 1.77. The fourth-order valence-corrected chi connectivity index (χ4v) is 4.17. The molecule has 190 valence electrons. The van der Waals surface area contributed by atoms with Crippen molar-refractivity contribution >= 4 is 29.2 Å². The molecule has 1 aliphatic heterocycles. The number of hydrogen-bond donors (Lipinski definition) is 0. The molecule has 0 unspecified atom stereocenters. The van der Waals surface area contributed by atoms with Crippen molar-refractivity contribution < 1.29 is 28.5 Å². The van der Waals surface area contributed by atoms with Crippen LogP contribution in [0.25, 0.3) is 11.2 Å². The third-order valence-corrected chi connectivity index (χ3v) is 5.37. The van der Waals surface area contributed by atoms with Crippen molar-refractivity contribution in [2.45, 2.75) is 97.6 Å². The molecule has 11 heteroatoms. The highest BCUT2D eigenvalue weighted by molar-refractivity contribution is 6.12. The summed E-state index contributed by atoms with van der Waals surface area (Å²) in [6.45, 7) is 16.0. The predicted molar refractivity (Wildman–Crippen MR) is 127 cm³/mol. The van der Waals surface area contributed by atoms with Gasteiger partial charge in [-0.05, 0) is 67.9 Å². The molecule has 11 nitrogen and oxygen atoms in total. The first-order valence-electron chi connectivity index (χ1n) is 11.5. The van der Waals surface area contributed by atoms with E-state index in [2.05, 4.69) is 15.0 Å². The number of carbonyl (C=O) groups excluding carboxylic acids is 2. The highest BCUT2D eigenvalue weighted by Crippen LogP contribution is 2.44. The number of imidazole rings is 1. The molecule has 3 heterocycles. The molecule has 0 aromatic carbocycles. The number of hydrogen-bond acceptors (Lipinski definition) is 9. The van der Waals surface area contributed by atoms with Crippen molar-refractivity contribution in [2.75, 3.05) is 4.90 Å². The lowest BCUT2D eigenvalue weighted by atomic mass is 10.1. The molecule has 35 heavy (non-hydrogen) atoms. The van der Waals surface area contributed by atoms with E-state index >= 15 is 0 Å². The van der Waals surface area contributed by atoms with Crippen molar-refractivity contribution in [1.82, 2.24) is 19.5 Å². The molecule has 1 aliphatic carbocycles. The van der Waals surface area contributed by atoms with Gasteiger partial charge in [0.1, 0.15) is 29.7 Å². The zero-order valence-corrected chi connectivity index (χ0v) is 21.6. The quantitative estimate of drug-likeness (QED) is 0.563. The summed E-state index contributed by atoms with van der Waals surface area (Å²) in [5.41, 5.74) is 0.0191.